The quantitative estimate of drug-likeness (QED) is 0.440. The van der Waals surface area contributed by atoms with Crippen molar-refractivity contribution in [1.82, 2.24) is 0 Å². The molecule has 0 aliphatic carbocycles. The van der Waals surface area contributed by atoms with Crippen molar-refractivity contribution in [1.29, 1.82) is 0 Å². The van der Waals surface area contributed by atoms with Gasteiger partial charge in [-0.15, -0.1) is 0 Å². The Kier molecular flexibility index (Phi) is 10.6. The van der Waals surface area contributed by atoms with Crippen LogP contribution >= 0.6 is 0 Å². The Morgan fingerprint density at radius 2 is 1.67 bits per heavy atom. The van der Waals surface area contributed by atoms with E-state index in [2.05, 4.69) is 11.1 Å². The molecule has 18 heavy (non-hydrogen) atoms. The van der Waals surface area contributed by atoms with Gasteiger partial charge in [0.1, 0.15) is 6.10 Å². The molecule has 0 spiro atoms. The van der Waals surface area contributed by atoms with Crippen LogP contribution in [-0.2, 0) is 19.3 Å². The van der Waals surface area contributed by atoms with Crippen molar-refractivity contribution in [2.24, 2.45) is 0 Å². The molecule has 0 heterocycles. The fourth-order valence-electron chi connectivity index (χ4n) is 1.58. The minimum atomic E-state index is -4.37. The van der Waals surface area contributed by atoms with Gasteiger partial charge in [0.2, 0.25) is 0 Å². The number of rotatable bonds is 12. The SMILES string of the molecule is CCCCCCCCOCC(CC)OS(=O)(=O)O. The van der Waals surface area contributed by atoms with Crippen LogP contribution in [0.4, 0.5) is 0 Å². The van der Waals surface area contributed by atoms with Crippen LogP contribution in [-0.4, -0.2) is 32.3 Å². The Bertz CT molecular complexity index is 276. The van der Waals surface area contributed by atoms with E-state index in [0.29, 0.717) is 13.0 Å². The van der Waals surface area contributed by atoms with Crippen LogP contribution in [0.15, 0.2) is 0 Å². The summed E-state index contributed by atoms with van der Waals surface area (Å²) in [5.41, 5.74) is 0. The van der Waals surface area contributed by atoms with E-state index in [1.165, 1.54) is 25.7 Å². The van der Waals surface area contributed by atoms with Crippen molar-refractivity contribution in [3.05, 3.63) is 0 Å². The Labute approximate surface area is 111 Å². The highest BCUT2D eigenvalue weighted by Crippen LogP contribution is 2.06. The predicted octanol–water partition coefficient (Wildman–Crippen LogP) is 2.96. The summed E-state index contributed by atoms with van der Waals surface area (Å²) in [4.78, 5) is 0. The highest BCUT2D eigenvalue weighted by atomic mass is 32.3. The molecule has 1 unspecified atom stereocenters. The van der Waals surface area contributed by atoms with Gasteiger partial charge in [-0.2, -0.15) is 8.42 Å². The molecule has 0 aromatic rings. The van der Waals surface area contributed by atoms with Gasteiger partial charge in [-0.25, -0.2) is 4.18 Å². The molecular weight excluding hydrogens is 256 g/mol. The van der Waals surface area contributed by atoms with Gasteiger partial charge in [-0.05, 0) is 12.8 Å². The highest BCUT2D eigenvalue weighted by molar-refractivity contribution is 7.80. The standard InChI is InChI=1S/C12H26O5S/c1-3-5-6-7-8-9-10-16-11-12(4-2)17-18(13,14)15/h12H,3-11H2,1-2H3,(H,13,14,15). The Balaban J connectivity index is 3.46. The summed E-state index contributed by atoms with van der Waals surface area (Å²) < 4.78 is 39.4. The molecule has 1 N–H and O–H groups in total. The highest BCUT2D eigenvalue weighted by Gasteiger charge is 2.15. The lowest BCUT2D eigenvalue weighted by Gasteiger charge is -2.13. The van der Waals surface area contributed by atoms with Crippen molar-refractivity contribution in [3.63, 3.8) is 0 Å². The molecule has 0 bridgehead atoms. The van der Waals surface area contributed by atoms with E-state index in [-0.39, 0.29) is 6.61 Å². The minimum Gasteiger partial charge on any atom is -0.379 e. The summed E-state index contributed by atoms with van der Waals surface area (Å²) in [7, 11) is -4.37. The summed E-state index contributed by atoms with van der Waals surface area (Å²) in [6.07, 6.45) is 7.00. The molecule has 5 nitrogen and oxygen atoms in total. The van der Waals surface area contributed by atoms with Crippen molar-refractivity contribution in [2.45, 2.75) is 64.9 Å². The number of hydrogen-bond donors (Lipinski definition) is 1. The van der Waals surface area contributed by atoms with Crippen LogP contribution in [0.1, 0.15) is 58.8 Å². The third-order valence-electron chi connectivity index (χ3n) is 2.66. The third-order valence-corrected chi connectivity index (χ3v) is 3.17. The Morgan fingerprint density at radius 1 is 1.06 bits per heavy atom. The average Bonchev–Trinajstić information content (AvgIpc) is 2.29. The lowest BCUT2D eigenvalue weighted by atomic mass is 10.1. The Morgan fingerprint density at radius 3 is 2.22 bits per heavy atom. The number of unbranched alkanes of at least 4 members (excludes halogenated alkanes) is 5. The number of hydrogen-bond acceptors (Lipinski definition) is 4. The fourth-order valence-corrected chi connectivity index (χ4v) is 2.12. The molecule has 0 saturated heterocycles. The first kappa shape index (κ1) is 17.8. The Hall–Kier alpha value is -0.170. The van der Waals surface area contributed by atoms with Crippen LogP contribution in [0.2, 0.25) is 0 Å². The molecule has 0 aromatic carbocycles. The number of ether oxygens (including phenoxy) is 1. The van der Waals surface area contributed by atoms with Crippen molar-refractivity contribution < 1.29 is 21.9 Å². The van der Waals surface area contributed by atoms with Gasteiger partial charge in [-0.3, -0.25) is 4.55 Å². The second-order valence-electron chi connectivity index (χ2n) is 4.40. The summed E-state index contributed by atoms with van der Waals surface area (Å²) in [5, 5.41) is 0. The van der Waals surface area contributed by atoms with Crippen LogP contribution in [0.25, 0.3) is 0 Å². The van der Waals surface area contributed by atoms with Crippen molar-refractivity contribution in [3.8, 4) is 0 Å². The molecule has 1 atom stereocenters. The molecular formula is C12H26O5S. The summed E-state index contributed by atoms with van der Waals surface area (Å²) in [6, 6.07) is 0. The van der Waals surface area contributed by atoms with Gasteiger partial charge in [-0.1, -0.05) is 46.0 Å². The summed E-state index contributed by atoms with van der Waals surface area (Å²) in [5.74, 6) is 0. The molecule has 0 aliphatic heterocycles. The molecule has 0 fully saturated rings. The molecule has 0 amide bonds. The van der Waals surface area contributed by atoms with E-state index in [1.807, 2.05) is 0 Å². The van der Waals surface area contributed by atoms with Crippen LogP contribution in [0.5, 0.6) is 0 Å². The summed E-state index contributed by atoms with van der Waals surface area (Å²) >= 11 is 0. The molecule has 0 radical (unpaired) electrons. The van der Waals surface area contributed by atoms with Gasteiger partial charge in [0.05, 0.1) is 6.61 Å². The topological polar surface area (TPSA) is 72.8 Å². The third kappa shape index (κ3) is 12.3. The zero-order valence-electron chi connectivity index (χ0n) is 11.4. The predicted molar refractivity (Wildman–Crippen MR) is 70.9 cm³/mol. The normalized spacial score (nSPS) is 13.7. The van der Waals surface area contributed by atoms with E-state index >= 15 is 0 Å². The van der Waals surface area contributed by atoms with Crippen LogP contribution < -0.4 is 0 Å². The first-order chi connectivity index (χ1) is 8.49. The smallest absolute Gasteiger partial charge is 0.379 e. The van der Waals surface area contributed by atoms with E-state index in [9.17, 15) is 8.42 Å². The molecule has 0 saturated carbocycles. The zero-order valence-corrected chi connectivity index (χ0v) is 12.2. The molecule has 6 heteroatoms. The van der Waals surface area contributed by atoms with Crippen molar-refractivity contribution in [2.75, 3.05) is 13.2 Å². The monoisotopic (exact) mass is 282 g/mol. The first-order valence-electron chi connectivity index (χ1n) is 6.73. The lowest BCUT2D eigenvalue weighted by molar-refractivity contribution is 0.0437. The van der Waals surface area contributed by atoms with E-state index in [1.54, 1.807) is 6.92 Å². The molecule has 0 rings (SSSR count). The van der Waals surface area contributed by atoms with Crippen molar-refractivity contribution >= 4 is 10.4 Å². The molecule has 0 aliphatic rings. The van der Waals surface area contributed by atoms with Gasteiger partial charge >= 0.3 is 10.4 Å². The van der Waals surface area contributed by atoms with Gasteiger partial charge in [0, 0.05) is 6.61 Å². The van der Waals surface area contributed by atoms with Crippen LogP contribution in [0.3, 0.4) is 0 Å². The summed E-state index contributed by atoms with van der Waals surface area (Å²) in [6.45, 7) is 4.77. The van der Waals surface area contributed by atoms with Gasteiger partial charge in [0.25, 0.3) is 0 Å². The van der Waals surface area contributed by atoms with Crippen LogP contribution in [0, 0.1) is 0 Å². The van der Waals surface area contributed by atoms with E-state index < -0.39 is 16.5 Å². The minimum absolute atomic E-state index is 0.200. The van der Waals surface area contributed by atoms with Gasteiger partial charge in [0.15, 0.2) is 0 Å². The molecule has 0 aromatic heterocycles. The zero-order chi connectivity index (χ0) is 13.9. The maximum Gasteiger partial charge on any atom is 0.397 e. The lowest BCUT2D eigenvalue weighted by Crippen LogP contribution is -2.22. The largest absolute Gasteiger partial charge is 0.397 e. The maximum absolute atomic E-state index is 10.5. The maximum atomic E-state index is 10.5. The van der Waals surface area contributed by atoms with E-state index in [4.69, 9.17) is 9.29 Å². The second-order valence-corrected chi connectivity index (χ2v) is 5.44. The first-order valence-corrected chi connectivity index (χ1v) is 8.09. The van der Waals surface area contributed by atoms with Gasteiger partial charge < -0.3 is 4.74 Å². The fraction of sp³-hybridized carbons (Fsp3) is 1.00. The molecule has 110 valence electrons. The average molecular weight is 282 g/mol. The second kappa shape index (κ2) is 10.7. The van der Waals surface area contributed by atoms with E-state index in [0.717, 1.165) is 12.8 Å².